The summed E-state index contributed by atoms with van der Waals surface area (Å²) in [5.41, 5.74) is 1.84. The number of nitrogens with zero attached hydrogens (tertiary/aromatic N) is 4. The van der Waals surface area contributed by atoms with Crippen LogP contribution in [0.4, 0.5) is 5.69 Å². The minimum atomic E-state index is 0.0307. The fourth-order valence-corrected chi connectivity index (χ4v) is 4.18. The Hall–Kier alpha value is -3.32. The van der Waals surface area contributed by atoms with Crippen molar-refractivity contribution >= 4 is 34.1 Å². The largest absolute Gasteiger partial charge is 0.497 e. The van der Waals surface area contributed by atoms with Crippen molar-refractivity contribution in [2.75, 3.05) is 24.3 Å². The van der Waals surface area contributed by atoms with Crippen LogP contribution in [0.25, 0.3) is 16.5 Å². The summed E-state index contributed by atoms with van der Waals surface area (Å²) < 4.78 is 7.08. The molecule has 0 aliphatic rings. The van der Waals surface area contributed by atoms with Crippen molar-refractivity contribution in [3.8, 4) is 11.4 Å². The summed E-state index contributed by atoms with van der Waals surface area (Å²) in [6.07, 6.45) is 1.65. The first kappa shape index (κ1) is 20.0. The van der Waals surface area contributed by atoms with Crippen LogP contribution in [-0.2, 0) is 4.79 Å². The molecule has 1 heterocycles. The van der Waals surface area contributed by atoms with E-state index in [2.05, 4.69) is 22.3 Å². The van der Waals surface area contributed by atoms with Crippen LogP contribution in [0.5, 0.6) is 5.75 Å². The minimum Gasteiger partial charge on any atom is -0.497 e. The highest BCUT2D eigenvalue weighted by Crippen LogP contribution is 2.28. The summed E-state index contributed by atoms with van der Waals surface area (Å²) in [5, 5.41) is 11.1. The molecule has 4 aromatic rings. The van der Waals surface area contributed by atoms with E-state index in [-0.39, 0.29) is 11.7 Å². The van der Waals surface area contributed by atoms with Gasteiger partial charge in [0.15, 0.2) is 5.16 Å². The van der Waals surface area contributed by atoms with Gasteiger partial charge in [0.2, 0.25) is 5.91 Å². The van der Waals surface area contributed by atoms with Crippen molar-refractivity contribution in [3.05, 3.63) is 73.1 Å². The van der Waals surface area contributed by atoms with E-state index in [9.17, 15) is 4.79 Å². The van der Waals surface area contributed by atoms with E-state index in [1.54, 1.807) is 13.4 Å². The Balaban J connectivity index is 1.52. The fourth-order valence-electron chi connectivity index (χ4n) is 3.37. The van der Waals surface area contributed by atoms with Gasteiger partial charge in [0.1, 0.15) is 12.1 Å². The molecule has 0 radical (unpaired) electrons. The second-order valence-corrected chi connectivity index (χ2v) is 7.55. The Morgan fingerprint density at radius 1 is 1.07 bits per heavy atom. The standard InChI is InChI=1S/C23H22N4O2S/c1-3-26(21-10-6-8-17-7-4-5-9-20(17)21)22(28)15-30-23-25-24-16-27(23)18-11-13-19(29-2)14-12-18/h4-14,16H,3,15H2,1-2H3. The lowest BCUT2D eigenvalue weighted by Gasteiger charge is -2.22. The number of carbonyl (C=O) groups excluding carboxylic acids is 1. The van der Waals surface area contributed by atoms with E-state index in [0.717, 1.165) is 27.9 Å². The number of ether oxygens (including phenoxy) is 1. The third-order valence-electron chi connectivity index (χ3n) is 4.87. The number of rotatable bonds is 7. The van der Waals surface area contributed by atoms with Crippen molar-refractivity contribution in [1.82, 2.24) is 14.8 Å². The Morgan fingerprint density at radius 2 is 1.83 bits per heavy atom. The SMILES string of the molecule is CCN(C(=O)CSc1nncn1-c1ccc(OC)cc1)c1cccc2ccccc12. The van der Waals surface area contributed by atoms with Gasteiger partial charge in [-0.25, -0.2) is 0 Å². The summed E-state index contributed by atoms with van der Waals surface area (Å²) in [6, 6.07) is 21.8. The summed E-state index contributed by atoms with van der Waals surface area (Å²) in [5.74, 6) is 1.08. The van der Waals surface area contributed by atoms with Gasteiger partial charge in [-0.05, 0) is 42.6 Å². The average molecular weight is 419 g/mol. The molecule has 0 fully saturated rings. The fraction of sp³-hybridized carbons (Fsp3) is 0.174. The van der Waals surface area contributed by atoms with E-state index in [1.165, 1.54) is 11.8 Å². The Morgan fingerprint density at radius 3 is 2.60 bits per heavy atom. The van der Waals surface area contributed by atoms with E-state index in [1.807, 2.05) is 71.0 Å². The maximum atomic E-state index is 13.1. The molecule has 152 valence electrons. The molecule has 1 amide bonds. The van der Waals surface area contributed by atoms with Crippen LogP contribution in [0.3, 0.4) is 0 Å². The molecular weight excluding hydrogens is 396 g/mol. The van der Waals surface area contributed by atoms with Gasteiger partial charge in [0, 0.05) is 17.6 Å². The smallest absolute Gasteiger partial charge is 0.237 e. The summed E-state index contributed by atoms with van der Waals surface area (Å²) in [7, 11) is 1.64. The van der Waals surface area contributed by atoms with E-state index >= 15 is 0 Å². The molecule has 6 nitrogen and oxygen atoms in total. The molecular formula is C23H22N4O2S. The first-order chi connectivity index (χ1) is 14.7. The van der Waals surface area contributed by atoms with Gasteiger partial charge in [-0.15, -0.1) is 10.2 Å². The first-order valence-corrected chi connectivity index (χ1v) is 10.6. The Kier molecular flexibility index (Phi) is 5.99. The Bertz CT molecular complexity index is 1150. The van der Waals surface area contributed by atoms with E-state index < -0.39 is 0 Å². The molecule has 4 rings (SSSR count). The monoisotopic (exact) mass is 418 g/mol. The zero-order valence-corrected chi connectivity index (χ0v) is 17.7. The number of aromatic nitrogens is 3. The number of thioether (sulfide) groups is 1. The predicted molar refractivity (Wildman–Crippen MR) is 121 cm³/mol. The number of hydrogen-bond donors (Lipinski definition) is 0. The third-order valence-corrected chi connectivity index (χ3v) is 5.79. The molecule has 7 heteroatoms. The van der Waals surface area contributed by atoms with Crippen LogP contribution in [0.15, 0.2) is 78.2 Å². The van der Waals surface area contributed by atoms with Crippen LogP contribution in [0.2, 0.25) is 0 Å². The number of amides is 1. The lowest BCUT2D eigenvalue weighted by molar-refractivity contribution is -0.116. The van der Waals surface area contributed by atoms with Crippen molar-refractivity contribution < 1.29 is 9.53 Å². The van der Waals surface area contributed by atoms with Crippen molar-refractivity contribution in [2.45, 2.75) is 12.1 Å². The predicted octanol–water partition coefficient (Wildman–Crippen LogP) is 4.57. The highest BCUT2D eigenvalue weighted by Gasteiger charge is 2.18. The van der Waals surface area contributed by atoms with Crippen LogP contribution in [0, 0.1) is 0 Å². The van der Waals surface area contributed by atoms with Crippen LogP contribution in [0.1, 0.15) is 6.92 Å². The third kappa shape index (κ3) is 4.02. The molecule has 0 spiro atoms. The molecule has 0 bridgehead atoms. The Labute approximate surface area is 179 Å². The van der Waals surface area contributed by atoms with Crippen LogP contribution >= 0.6 is 11.8 Å². The molecule has 0 aliphatic heterocycles. The van der Waals surface area contributed by atoms with Gasteiger partial charge in [0.05, 0.1) is 18.6 Å². The van der Waals surface area contributed by atoms with Gasteiger partial charge in [0.25, 0.3) is 0 Å². The molecule has 0 unspecified atom stereocenters. The van der Waals surface area contributed by atoms with Crippen LogP contribution < -0.4 is 9.64 Å². The maximum Gasteiger partial charge on any atom is 0.237 e. The minimum absolute atomic E-state index is 0.0307. The highest BCUT2D eigenvalue weighted by molar-refractivity contribution is 7.99. The summed E-state index contributed by atoms with van der Waals surface area (Å²) in [4.78, 5) is 14.9. The number of methoxy groups -OCH3 is 1. The van der Waals surface area contributed by atoms with Gasteiger partial charge in [-0.1, -0.05) is 48.2 Å². The molecule has 0 saturated heterocycles. The maximum absolute atomic E-state index is 13.1. The molecule has 30 heavy (non-hydrogen) atoms. The highest BCUT2D eigenvalue weighted by atomic mass is 32.2. The van der Waals surface area contributed by atoms with Crippen molar-refractivity contribution in [1.29, 1.82) is 0 Å². The van der Waals surface area contributed by atoms with Crippen molar-refractivity contribution in [2.24, 2.45) is 0 Å². The molecule has 1 aromatic heterocycles. The number of benzene rings is 3. The van der Waals surface area contributed by atoms with Crippen molar-refractivity contribution in [3.63, 3.8) is 0 Å². The molecule has 0 saturated carbocycles. The summed E-state index contributed by atoms with van der Waals surface area (Å²) in [6.45, 7) is 2.59. The first-order valence-electron chi connectivity index (χ1n) is 9.66. The van der Waals surface area contributed by atoms with Crippen LogP contribution in [-0.4, -0.2) is 40.1 Å². The average Bonchev–Trinajstić information content (AvgIpc) is 3.27. The number of carbonyl (C=O) groups is 1. The van der Waals surface area contributed by atoms with Gasteiger partial charge in [-0.3, -0.25) is 9.36 Å². The lowest BCUT2D eigenvalue weighted by Crippen LogP contribution is -2.32. The van der Waals surface area contributed by atoms with E-state index in [0.29, 0.717) is 11.7 Å². The van der Waals surface area contributed by atoms with Gasteiger partial charge in [-0.2, -0.15) is 0 Å². The molecule has 0 N–H and O–H groups in total. The van der Waals surface area contributed by atoms with Gasteiger partial charge >= 0.3 is 0 Å². The zero-order chi connectivity index (χ0) is 20.9. The topological polar surface area (TPSA) is 60.2 Å². The number of anilines is 1. The second kappa shape index (κ2) is 9.00. The van der Waals surface area contributed by atoms with E-state index in [4.69, 9.17) is 4.74 Å². The quantitative estimate of drug-likeness (QED) is 0.411. The molecule has 0 atom stereocenters. The number of hydrogen-bond acceptors (Lipinski definition) is 5. The van der Waals surface area contributed by atoms with Gasteiger partial charge < -0.3 is 9.64 Å². The summed E-state index contributed by atoms with van der Waals surface area (Å²) >= 11 is 1.38. The zero-order valence-electron chi connectivity index (χ0n) is 16.9. The second-order valence-electron chi connectivity index (χ2n) is 6.61. The molecule has 3 aromatic carbocycles. The normalized spacial score (nSPS) is 10.9. The lowest BCUT2D eigenvalue weighted by atomic mass is 10.1. The molecule has 0 aliphatic carbocycles. The number of fused-ring (bicyclic) bond motifs is 1.